The van der Waals surface area contributed by atoms with Crippen LogP contribution >= 0.6 is 34.8 Å². The molecule has 1 aliphatic rings. The van der Waals surface area contributed by atoms with Crippen LogP contribution in [0.4, 0.5) is 0 Å². The molecule has 0 heterocycles. The third-order valence-electron chi connectivity index (χ3n) is 4.21. The van der Waals surface area contributed by atoms with E-state index in [-0.39, 0.29) is 17.9 Å². The van der Waals surface area contributed by atoms with Crippen molar-refractivity contribution in [2.45, 2.75) is 31.1 Å². The van der Waals surface area contributed by atoms with Gasteiger partial charge in [0.2, 0.25) is 5.91 Å². The van der Waals surface area contributed by atoms with Gasteiger partial charge in [0.05, 0.1) is 11.5 Å². The Morgan fingerprint density at radius 3 is 2.21 bits per heavy atom. The van der Waals surface area contributed by atoms with Crippen LogP contribution in [0, 0.1) is 11.3 Å². The number of hydrogen-bond donors (Lipinski definition) is 1. The predicted molar refractivity (Wildman–Crippen MR) is 79.7 cm³/mol. The summed E-state index contributed by atoms with van der Waals surface area (Å²) in [6.07, 6.45) is 0. The summed E-state index contributed by atoms with van der Waals surface area (Å²) in [5, 5.41) is 3.63. The van der Waals surface area contributed by atoms with Gasteiger partial charge in [-0.3, -0.25) is 4.79 Å². The highest BCUT2D eigenvalue weighted by Gasteiger charge is 2.74. The molecule has 2 nitrogen and oxygen atoms in total. The molecule has 0 aromatic heterocycles. The zero-order chi connectivity index (χ0) is 14.4. The molecule has 0 saturated heterocycles. The van der Waals surface area contributed by atoms with Crippen LogP contribution in [0.3, 0.4) is 0 Å². The van der Waals surface area contributed by atoms with E-state index in [1.165, 1.54) is 0 Å². The molecule has 104 valence electrons. The average Bonchev–Trinajstić information content (AvgIpc) is 2.75. The van der Waals surface area contributed by atoms with Crippen molar-refractivity contribution in [3.63, 3.8) is 0 Å². The van der Waals surface area contributed by atoms with E-state index in [9.17, 15) is 4.79 Å². The zero-order valence-electron chi connectivity index (χ0n) is 11.0. The second-order valence-electron chi connectivity index (χ2n) is 5.29. The largest absolute Gasteiger partial charge is 0.349 e. The van der Waals surface area contributed by atoms with E-state index in [0.29, 0.717) is 5.02 Å². The van der Waals surface area contributed by atoms with Gasteiger partial charge in [0, 0.05) is 10.9 Å². The van der Waals surface area contributed by atoms with E-state index < -0.39 is 9.75 Å². The van der Waals surface area contributed by atoms with Crippen molar-refractivity contribution in [3.05, 3.63) is 34.9 Å². The van der Waals surface area contributed by atoms with Crippen LogP contribution in [-0.2, 0) is 4.79 Å². The molecular weight excluding hydrogens is 305 g/mol. The minimum Gasteiger partial charge on any atom is -0.349 e. The Morgan fingerprint density at radius 1 is 1.32 bits per heavy atom. The first-order valence-corrected chi connectivity index (χ1v) is 7.29. The van der Waals surface area contributed by atoms with Gasteiger partial charge >= 0.3 is 0 Å². The Bertz CT molecular complexity index is 500. The van der Waals surface area contributed by atoms with Crippen LogP contribution < -0.4 is 5.32 Å². The van der Waals surface area contributed by atoms with Crippen LogP contribution in [0.15, 0.2) is 24.3 Å². The van der Waals surface area contributed by atoms with E-state index in [4.69, 9.17) is 34.8 Å². The Hall–Kier alpha value is -0.440. The highest BCUT2D eigenvalue weighted by Crippen LogP contribution is 2.68. The maximum atomic E-state index is 12.3. The van der Waals surface area contributed by atoms with Crippen LogP contribution in [0.5, 0.6) is 0 Å². The van der Waals surface area contributed by atoms with Crippen LogP contribution in [0.2, 0.25) is 5.02 Å². The fraction of sp³-hybridized carbons (Fsp3) is 0.500. The van der Waals surface area contributed by atoms with Crippen LogP contribution in [-0.4, -0.2) is 10.2 Å². The molecule has 2 rings (SSSR count). The molecule has 1 aliphatic carbocycles. The first kappa shape index (κ1) is 15.0. The number of rotatable bonds is 3. The maximum Gasteiger partial charge on any atom is 0.229 e. The number of hydrogen-bond acceptors (Lipinski definition) is 1. The van der Waals surface area contributed by atoms with Gasteiger partial charge in [-0.05, 0) is 31.5 Å². The molecule has 5 heteroatoms. The molecule has 1 aromatic rings. The summed E-state index contributed by atoms with van der Waals surface area (Å²) in [4.78, 5) is 12.3. The molecule has 0 spiro atoms. The van der Waals surface area contributed by atoms with E-state index in [2.05, 4.69) is 5.32 Å². The smallest absolute Gasteiger partial charge is 0.229 e. The Kier molecular flexibility index (Phi) is 3.81. The Balaban J connectivity index is 2.06. The van der Waals surface area contributed by atoms with E-state index in [1.807, 2.05) is 26.0 Å². The standard InChI is InChI=1S/C14H16Cl3NO/c1-8(10-4-6-11(15)7-5-10)18-12(19)13(3)9(2)14(13,16)17/h4-9H,1-3H3,(H,18,19). The summed E-state index contributed by atoms with van der Waals surface area (Å²) in [7, 11) is 0. The first-order chi connectivity index (χ1) is 8.71. The van der Waals surface area contributed by atoms with Crippen molar-refractivity contribution < 1.29 is 4.79 Å². The number of benzene rings is 1. The highest BCUT2D eigenvalue weighted by molar-refractivity contribution is 6.53. The molecule has 0 bridgehead atoms. The molecule has 3 unspecified atom stereocenters. The van der Waals surface area contributed by atoms with E-state index >= 15 is 0 Å². The number of halogens is 3. The summed E-state index contributed by atoms with van der Waals surface area (Å²) in [5.74, 6) is -0.173. The van der Waals surface area contributed by atoms with Crippen molar-refractivity contribution in [2.24, 2.45) is 11.3 Å². The third kappa shape index (κ3) is 2.35. The summed E-state index contributed by atoms with van der Waals surface area (Å²) in [6.45, 7) is 5.59. The quantitative estimate of drug-likeness (QED) is 0.824. The summed E-state index contributed by atoms with van der Waals surface area (Å²) in [5.41, 5.74) is 0.265. The molecule has 19 heavy (non-hydrogen) atoms. The van der Waals surface area contributed by atoms with E-state index in [0.717, 1.165) is 5.56 Å². The number of carbonyl (C=O) groups excluding carboxylic acids is 1. The van der Waals surface area contributed by atoms with Gasteiger partial charge in [0.25, 0.3) is 0 Å². The highest BCUT2D eigenvalue weighted by atomic mass is 35.5. The molecule has 3 atom stereocenters. The van der Waals surface area contributed by atoms with Crippen LogP contribution in [0.25, 0.3) is 0 Å². The Morgan fingerprint density at radius 2 is 1.79 bits per heavy atom. The van der Waals surface area contributed by atoms with Gasteiger partial charge < -0.3 is 5.32 Å². The summed E-state index contributed by atoms with van der Waals surface area (Å²) >= 11 is 18.1. The average molecular weight is 321 g/mol. The summed E-state index contributed by atoms with van der Waals surface area (Å²) < 4.78 is -0.975. The molecule has 1 amide bonds. The predicted octanol–water partition coefficient (Wildman–Crippen LogP) is 4.35. The van der Waals surface area contributed by atoms with Gasteiger partial charge in [0.15, 0.2) is 0 Å². The zero-order valence-corrected chi connectivity index (χ0v) is 13.3. The third-order valence-corrected chi connectivity index (χ3v) is 5.90. The van der Waals surface area contributed by atoms with Crippen molar-refractivity contribution in [1.29, 1.82) is 0 Å². The van der Waals surface area contributed by atoms with Gasteiger partial charge in [-0.15, -0.1) is 23.2 Å². The topological polar surface area (TPSA) is 29.1 Å². The second kappa shape index (κ2) is 4.83. The molecule has 0 aliphatic heterocycles. The first-order valence-electron chi connectivity index (χ1n) is 6.15. The van der Waals surface area contributed by atoms with Gasteiger partial charge in [-0.2, -0.15) is 0 Å². The molecular formula is C14H16Cl3NO. The minimum absolute atomic E-state index is 0.0549. The molecule has 0 radical (unpaired) electrons. The molecule has 1 fully saturated rings. The number of amides is 1. The van der Waals surface area contributed by atoms with Crippen molar-refractivity contribution in [2.75, 3.05) is 0 Å². The van der Waals surface area contributed by atoms with Crippen molar-refractivity contribution in [3.8, 4) is 0 Å². The number of nitrogens with one attached hydrogen (secondary N) is 1. The monoisotopic (exact) mass is 319 g/mol. The van der Waals surface area contributed by atoms with Crippen molar-refractivity contribution >= 4 is 40.7 Å². The number of carbonyl (C=O) groups is 1. The minimum atomic E-state index is -0.975. The normalized spacial score (nSPS) is 29.7. The maximum absolute atomic E-state index is 12.3. The van der Waals surface area contributed by atoms with E-state index in [1.54, 1.807) is 19.1 Å². The number of alkyl halides is 2. The summed E-state index contributed by atoms with van der Waals surface area (Å²) in [6, 6.07) is 7.27. The second-order valence-corrected chi connectivity index (χ2v) is 7.12. The molecule has 1 saturated carbocycles. The lowest BCUT2D eigenvalue weighted by Crippen LogP contribution is -2.35. The Labute approximate surface area is 128 Å². The molecule has 1 N–H and O–H groups in total. The fourth-order valence-corrected chi connectivity index (χ4v) is 3.22. The SMILES string of the molecule is CC(NC(=O)C1(C)C(C)C1(Cl)Cl)c1ccc(Cl)cc1. The lowest BCUT2D eigenvalue weighted by molar-refractivity contribution is -0.126. The lowest BCUT2D eigenvalue weighted by Gasteiger charge is -2.18. The van der Waals surface area contributed by atoms with Gasteiger partial charge in [-0.25, -0.2) is 0 Å². The van der Waals surface area contributed by atoms with Crippen LogP contribution in [0.1, 0.15) is 32.4 Å². The van der Waals surface area contributed by atoms with Crippen molar-refractivity contribution in [1.82, 2.24) is 5.32 Å². The lowest BCUT2D eigenvalue weighted by atomic mass is 10.0. The molecule has 1 aromatic carbocycles. The van der Waals surface area contributed by atoms with Gasteiger partial charge in [-0.1, -0.05) is 30.7 Å². The van der Waals surface area contributed by atoms with Gasteiger partial charge in [0.1, 0.15) is 4.33 Å². The fourth-order valence-electron chi connectivity index (χ4n) is 2.26.